The fraction of sp³-hybridized carbons (Fsp3) is 0.385. The third-order valence-electron chi connectivity index (χ3n) is 3.35. The zero-order valence-corrected chi connectivity index (χ0v) is 13.6. The molecule has 0 amide bonds. The van der Waals surface area contributed by atoms with Gasteiger partial charge in [0.15, 0.2) is 0 Å². The first-order chi connectivity index (χ1) is 9.61. The minimum Gasteiger partial charge on any atom is -0.315 e. The monoisotopic (exact) mass is 328 g/mol. The molecule has 3 rings (SSSR count). The van der Waals surface area contributed by atoms with Gasteiger partial charge in [-0.05, 0) is 42.6 Å². The highest BCUT2D eigenvalue weighted by Crippen LogP contribution is 2.30. The molecular formula is C13H16N2O2S3. The summed E-state index contributed by atoms with van der Waals surface area (Å²) in [7, 11) is -1.49. The molecule has 2 aromatic rings. The molecule has 0 aliphatic carbocycles. The number of hydrogen-bond donors (Lipinski definition) is 1. The van der Waals surface area contributed by atoms with E-state index in [1.165, 1.54) is 16.2 Å². The van der Waals surface area contributed by atoms with Gasteiger partial charge in [-0.3, -0.25) is 0 Å². The second-order valence-electron chi connectivity index (χ2n) is 4.71. The Labute approximate surface area is 127 Å². The summed E-state index contributed by atoms with van der Waals surface area (Å²) < 4.78 is 27.4. The molecule has 7 heteroatoms. The van der Waals surface area contributed by atoms with Crippen molar-refractivity contribution in [3.63, 3.8) is 0 Å². The summed E-state index contributed by atoms with van der Waals surface area (Å²) in [5, 5.41) is 5.08. The van der Waals surface area contributed by atoms with Crippen molar-refractivity contribution in [1.29, 1.82) is 0 Å². The number of hydrogen-bond acceptors (Lipinski definition) is 5. The Morgan fingerprint density at radius 1 is 1.35 bits per heavy atom. The van der Waals surface area contributed by atoms with Crippen LogP contribution in [0.4, 0.5) is 0 Å². The largest absolute Gasteiger partial charge is 0.315 e. The topological polar surface area (TPSA) is 49.4 Å². The molecule has 3 heterocycles. The summed E-state index contributed by atoms with van der Waals surface area (Å²) in [6, 6.07) is 5.63. The van der Waals surface area contributed by atoms with E-state index in [-0.39, 0.29) is 0 Å². The molecule has 108 valence electrons. The molecule has 1 aliphatic heterocycles. The van der Waals surface area contributed by atoms with Crippen molar-refractivity contribution in [3.05, 3.63) is 38.9 Å². The maximum absolute atomic E-state index is 12.7. The summed E-state index contributed by atoms with van der Waals surface area (Å²) >= 11 is 3.07. The van der Waals surface area contributed by atoms with Crippen LogP contribution in [0, 0.1) is 0 Å². The van der Waals surface area contributed by atoms with Gasteiger partial charge < -0.3 is 5.32 Å². The predicted octanol–water partition coefficient (Wildman–Crippen LogP) is 2.28. The second-order valence-corrected chi connectivity index (χ2v) is 9.04. The lowest BCUT2D eigenvalue weighted by Gasteiger charge is -2.25. The summed E-state index contributed by atoms with van der Waals surface area (Å²) in [4.78, 5) is 2.36. The minimum atomic E-state index is -3.35. The molecular weight excluding hydrogens is 312 g/mol. The summed E-state index contributed by atoms with van der Waals surface area (Å²) in [5.41, 5.74) is 1.15. The summed E-state index contributed by atoms with van der Waals surface area (Å²) in [6.07, 6.45) is 0.820. The molecule has 2 aromatic heterocycles. The first-order valence-corrected chi connectivity index (χ1v) is 9.53. The second kappa shape index (κ2) is 5.57. The van der Waals surface area contributed by atoms with Gasteiger partial charge in [0.05, 0.1) is 0 Å². The van der Waals surface area contributed by atoms with E-state index in [1.54, 1.807) is 21.7 Å². The van der Waals surface area contributed by atoms with Crippen molar-refractivity contribution in [2.24, 2.45) is 0 Å². The normalized spacial score (nSPS) is 16.2. The van der Waals surface area contributed by atoms with Crippen LogP contribution < -0.4 is 5.32 Å². The highest BCUT2D eigenvalue weighted by atomic mass is 32.2. The molecule has 0 bridgehead atoms. The van der Waals surface area contributed by atoms with E-state index >= 15 is 0 Å². The Morgan fingerprint density at radius 2 is 2.20 bits per heavy atom. The van der Waals surface area contributed by atoms with Crippen LogP contribution in [0.2, 0.25) is 0 Å². The molecule has 1 aliphatic rings. The average molecular weight is 328 g/mol. The van der Waals surface area contributed by atoms with Crippen molar-refractivity contribution in [3.8, 4) is 0 Å². The van der Waals surface area contributed by atoms with Crippen LogP contribution in [0.3, 0.4) is 0 Å². The Bertz CT molecular complexity index is 703. The van der Waals surface area contributed by atoms with E-state index in [9.17, 15) is 8.42 Å². The van der Waals surface area contributed by atoms with Crippen LogP contribution in [0.5, 0.6) is 0 Å². The fourth-order valence-corrected chi connectivity index (χ4v) is 6.15. The molecule has 0 fully saturated rings. The quantitative estimate of drug-likeness (QED) is 0.937. The van der Waals surface area contributed by atoms with Gasteiger partial charge in [-0.25, -0.2) is 8.42 Å². The van der Waals surface area contributed by atoms with E-state index in [0.717, 1.165) is 16.9 Å². The minimum absolute atomic E-state index is 0.446. The number of nitrogens with one attached hydrogen (secondary N) is 1. The number of thiophene rings is 2. The van der Waals surface area contributed by atoms with Crippen LogP contribution in [-0.4, -0.2) is 26.3 Å². The van der Waals surface area contributed by atoms with Crippen LogP contribution in [0.25, 0.3) is 0 Å². The van der Waals surface area contributed by atoms with Crippen LogP contribution >= 0.6 is 22.7 Å². The Kier molecular flexibility index (Phi) is 3.96. The van der Waals surface area contributed by atoms with E-state index in [2.05, 4.69) is 5.32 Å². The molecule has 0 atom stereocenters. The van der Waals surface area contributed by atoms with Crippen LogP contribution in [0.15, 0.2) is 27.8 Å². The van der Waals surface area contributed by atoms with E-state index < -0.39 is 10.0 Å². The maximum Gasteiger partial charge on any atom is 0.252 e. The first-order valence-electron chi connectivity index (χ1n) is 6.40. The van der Waals surface area contributed by atoms with Crippen molar-refractivity contribution in [1.82, 2.24) is 9.62 Å². The Balaban J connectivity index is 1.85. The molecule has 20 heavy (non-hydrogen) atoms. The lowest BCUT2D eigenvalue weighted by molar-refractivity contribution is 0.395. The van der Waals surface area contributed by atoms with E-state index in [1.807, 2.05) is 24.6 Å². The molecule has 0 aromatic carbocycles. The van der Waals surface area contributed by atoms with Crippen molar-refractivity contribution in [2.75, 3.05) is 13.6 Å². The van der Waals surface area contributed by atoms with Gasteiger partial charge in [-0.2, -0.15) is 4.31 Å². The summed E-state index contributed by atoms with van der Waals surface area (Å²) in [6.45, 7) is 1.78. The number of fused-ring (bicyclic) bond motifs is 1. The van der Waals surface area contributed by atoms with Gasteiger partial charge in [0.1, 0.15) is 4.21 Å². The zero-order valence-electron chi connectivity index (χ0n) is 11.1. The Hall–Kier alpha value is -0.730. The van der Waals surface area contributed by atoms with Gasteiger partial charge in [-0.1, -0.05) is 0 Å². The van der Waals surface area contributed by atoms with Gasteiger partial charge >= 0.3 is 0 Å². The van der Waals surface area contributed by atoms with Gasteiger partial charge in [0, 0.05) is 29.4 Å². The average Bonchev–Trinajstić information content (AvgIpc) is 3.06. The lowest BCUT2D eigenvalue weighted by Crippen LogP contribution is -2.34. The highest BCUT2D eigenvalue weighted by molar-refractivity contribution is 7.91. The van der Waals surface area contributed by atoms with Gasteiger partial charge in [0.2, 0.25) is 0 Å². The third kappa shape index (κ3) is 2.56. The fourth-order valence-electron chi connectivity index (χ4n) is 2.32. The maximum atomic E-state index is 12.7. The van der Waals surface area contributed by atoms with Crippen molar-refractivity contribution < 1.29 is 8.42 Å². The lowest BCUT2D eigenvalue weighted by atomic mass is 10.1. The van der Waals surface area contributed by atoms with E-state index in [4.69, 9.17) is 0 Å². The smallest absolute Gasteiger partial charge is 0.252 e. The highest BCUT2D eigenvalue weighted by Gasteiger charge is 2.29. The number of nitrogens with zero attached hydrogens (tertiary/aromatic N) is 1. The standard InChI is InChI=1S/C13H16N2O2S3/c1-14-8-11-2-3-13(19-11)20(16,17)15-6-4-12-10(9-15)5-7-18-12/h2-3,5,7,14H,4,6,8-9H2,1H3. The summed E-state index contributed by atoms with van der Waals surface area (Å²) in [5.74, 6) is 0. The molecule has 1 N–H and O–H groups in total. The molecule has 0 saturated carbocycles. The van der Waals surface area contributed by atoms with Crippen LogP contribution in [0.1, 0.15) is 15.3 Å². The van der Waals surface area contributed by atoms with Crippen LogP contribution in [-0.2, 0) is 29.5 Å². The predicted molar refractivity (Wildman–Crippen MR) is 82.7 cm³/mol. The first kappa shape index (κ1) is 14.2. The zero-order chi connectivity index (χ0) is 14.2. The molecule has 0 radical (unpaired) electrons. The molecule has 4 nitrogen and oxygen atoms in total. The number of sulfonamides is 1. The van der Waals surface area contributed by atoms with Gasteiger partial charge in [-0.15, -0.1) is 22.7 Å². The van der Waals surface area contributed by atoms with Crippen molar-refractivity contribution >= 4 is 32.7 Å². The SMILES string of the molecule is CNCc1ccc(S(=O)(=O)N2CCc3sccc3C2)s1. The molecule has 0 saturated heterocycles. The Morgan fingerprint density at radius 3 is 3.00 bits per heavy atom. The number of rotatable bonds is 4. The van der Waals surface area contributed by atoms with E-state index in [0.29, 0.717) is 23.8 Å². The van der Waals surface area contributed by atoms with Crippen molar-refractivity contribution in [2.45, 2.75) is 23.7 Å². The molecule has 0 spiro atoms. The molecule has 0 unspecified atom stereocenters. The van der Waals surface area contributed by atoms with Gasteiger partial charge in [0.25, 0.3) is 10.0 Å². The third-order valence-corrected chi connectivity index (χ3v) is 7.78.